The molecule has 0 aliphatic heterocycles. The molecule has 0 aliphatic rings. The van der Waals surface area contributed by atoms with Crippen molar-refractivity contribution >= 4 is 39.5 Å². The maximum absolute atomic E-state index is 4.54. The average Bonchev–Trinajstić information content (AvgIpc) is 2.37. The molecule has 0 bridgehead atoms. The Morgan fingerprint density at radius 2 is 2.28 bits per heavy atom. The van der Waals surface area contributed by atoms with Crippen molar-refractivity contribution in [2.75, 3.05) is 35.8 Å². The van der Waals surface area contributed by atoms with Crippen LogP contribution in [0.4, 0.5) is 11.8 Å². The van der Waals surface area contributed by atoms with E-state index in [0.29, 0.717) is 12.0 Å². The third-order valence-corrected chi connectivity index (χ3v) is 4.00. The van der Waals surface area contributed by atoms with E-state index in [1.54, 1.807) is 6.20 Å². The molecule has 0 radical (unpaired) electrons. The molecule has 1 aromatic heterocycles. The van der Waals surface area contributed by atoms with Gasteiger partial charge in [-0.25, -0.2) is 4.98 Å². The van der Waals surface area contributed by atoms with Crippen molar-refractivity contribution in [3.8, 4) is 0 Å². The van der Waals surface area contributed by atoms with Crippen LogP contribution in [0.3, 0.4) is 0 Å². The lowest BCUT2D eigenvalue weighted by molar-refractivity contribution is 0.660. The fourth-order valence-corrected chi connectivity index (χ4v) is 2.59. The predicted octanol–water partition coefficient (Wildman–Crippen LogP) is 3.25. The Kier molecular flexibility index (Phi) is 6.78. The molecule has 1 N–H and O–H groups in total. The molecule has 1 unspecified atom stereocenters. The molecule has 0 aromatic carbocycles. The molecule has 1 aromatic rings. The first-order valence-corrected chi connectivity index (χ1v) is 8.27. The zero-order valence-electron chi connectivity index (χ0n) is 11.4. The molecule has 0 spiro atoms. The SMILES string of the molecule is CCNc1ncc(Br)c(N(C)C(C)CCSC)n1. The van der Waals surface area contributed by atoms with Crippen molar-refractivity contribution in [3.05, 3.63) is 10.7 Å². The van der Waals surface area contributed by atoms with Gasteiger partial charge in [0.1, 0.15) is 5.82 Å². The summed E-state index contributed by atoms with van der Waals surface area (Å²) in [4.78, 5) is 11.0. The topological polar surface area (TPSA) is 41.1 Å². The van der Waals surface area contributed by atoms with Gasteiger partial charge in [0, 0.05) is 25.8 Å². The molecule has 1 atom stereocenters. The standard InChI is InChI=1S/C12H21BrN4S/c1-5-14-12-15-8-10(13)11(16-12)17(3)9(2)6-7-18-4/h8-9H,5-7H2,1-4H3,(H,14,15,16). The van der Waals surface area contributed by atoms with Crippen LogP contribution in [-0.2, 0) is 0 Å². The van der Waals surface area contributed by atoms with Crippen LogP contribution in [0.25, 0.3) is 0 Å². The summed E-state index contributed by atoms with van der Waals surface area (Å²) in [6, 6.07) is 0.457. The van der Waals surface area contributed by atoms with Crippen molar-refractivity contribution in [1.29, 1.82) is 0 Å². The summed E-state index contributed by atoms with van der Waals surface area (Å²) in [7, 11) is 2.08. The minimum Gasteiger partial charge on any atom is -0.356 e. The Morgan fingerprint density at radius 1 is 1.56 bits per heavy atom. The molecule has 1 rings (SSSR count). The predicted molar refractivity (Wildman–Crippen MR) is 84.8 cm³/mol. The van der Waals surface area contributed by atoms with Gasteiger partial charge in [-0.05, 0) is 48.2 Å². The zero-order valence-corrected chi connectivity index (χ0v) is 13.8. The highest BCUT2D eigenvalue weighted by Crippen LogP contribution is 2.25. The first-order valence-electron chi connectivity index (χ1n) is 6.08. The molecule has 4 nitrogen and oxygen atoms in total. The van der Waals surface area contributed by atoms with E-state index in [9.17, 15) is 0 Å². The monoisotopic (exact) mass is 332 g/mol. The first-order chi connectivity index (χ1) is 8.60. The van der Waals surface area contributed by atoms with E-state index in [4.69, 9.17) is 0 Å². The van der Waals surface area contributed by atoms with Gasteiger partial charge < -0.3 is 10.2 Å². The van der Waals surface area contributed by atoms with E-state index in [2.05, 4.69) is 56.3 Å². The van der Waals surface area contributed by atoms with E-state index in [1.165, 1.54) is 0 Å². The smallest absolute Gasteiger partial charge is 0.224 e. The highest BCUT2D eigenvalue weighted by Gasteiger charge is 2.15. The molecule has 0 saturated carbocycles. The van der Waals surface area contributed by atoms with Gasteiger partial charge >= 0.3 is 0 Å². The van der Waals surface area contributed by atoms with Crippen molar-refractivity contribution in [3.63, 3.8) is 0 Å². The van der Waals surface area contributed by atoms with Crippen LogP contribution in [0.15, 0.2) is 10.7 Å². The van der Waals surface area contributed by atoms with Gasteiger partial charge in [-0.3, -0.25) is 0 Å². The van der Waals surface area contributed by atoms with Gasteiger partial charge in [-0.1, -0.05) is 0 Å². The first kappa shape index (κ1) is 15.6. The molecule has 0 saturated heterocycles. The van der Waals surface area contributed by atoms with Crippen LogP contribution in [0.5, 0.6) is 0 Å². The molecule has 1 heterocycles. The highest BCUT2D eigenvalue weighted by molar-refractivity contribution is 9.10. The lowest BCUT2D eigenvalue weighted by Crippen LogP contribution is -2.30. The number of hydrogen-bond donors (Lipinski definition) is 1. The van der Waals surface area contributed by atoms with Crippen molar-refractivity contribution < 1.29 is 0 Å². The number of rotatable bonds is 7. The van der Waals surface area contributed by atoms with Crippen molar-refractivity contribution in [1.82, 2.24) is 9.97 Å². The molecular weight excluding hydrogens is 312 g/mol. The third-order valence-electron chi connectivity index (χ3n) is 2.80. The van der Waals surface area contributed by atoms with Gasteiger partial charge in [-0.15, -0.1) is 0 Å². The number of anilines is 2. The normalized spacial score (nSPS) is 12.3. The maximum atomic E-state index is 4.54. The second-order valence-corrected chi connectivity index (χ2v) is 5.98. The lowest BCUT2D eigenvalue weighted by Gasteiger charge is -2.26. The minimum absolute atomic E-state index is 0.457. The molecule has 18 heavy (non-hydrogen) atoms. The van der Waals surface area contributed by atoms with Crippen molar-refractivity contribution in [2.24, 2.45) is 0 Å². The number of nitrogens with one attached hydrogen (secondary N) is 1. The quantitative estimate of drug-likeness (QED) is 0.830. The number of hydrogen-bond acceptors (Lipinski definition) is 5. The van der Waals surface area contributed by atoms with Gasteiger partial charge in [0.05, 0.1) is 4.47 Å². The summed E-state index contributed by atoms with van der Waals surface area (Å²) in [6.45, 7) is 5.08. The van der Waals surface area contributed by atoms with Crippen LogP contribution >= 0.6 is 27.7 Å². The average molecular weight is 333 g/mol. The maximum Gasteiger partial charge on any atom is 0.224 e. The highest BCUT2D eigenvalue weighted by atomic mass is 79.9. The van der Waals surface area contributed by atoms with E-state index >= 15 is 0 Å². The number of nitrogens with zero attached hydrogens (tertiary/aromatic N) is 3. The van der Waals surface area contributed by atoms with E-state index in [0.717, 1.165) is 29.0 Å². The Bertz CT molecular complexity index is 375. The fourth-order valence-electron chi connectivity index (χ4n) is 1.54. The summed E-state index contributed by atoms with van der Waals surface area (Å²) in [5, 5.41) is 3.14. The van der Waals surface area contributed by atoms with Gasteiger partial charge in [0.2, 0.25) is 5.95 Å². The van der Waals surface area contributed by atoms with Crippen LogP contribution in [0.2, 0.25) is 0 Å². The number of aromatic nitrogens is 2. The van der Waals surface area contributed by atoms with E-state index in [1.807, 2.05) is 18.7 Å². The molecule has 102 valence electrons. The lowest BCUT2D eigenvalue weighted by atomic mass is 10.2. The summed E-state index contributed by atoms with van der Waals surface area (Å²) in [6.07, 6.45) is 5.08. The fraction of sp³-hybridized carbons (Fsp3) is 0.667. The number of thioether (sulfide) groups is 1. The molecule has 0 aliphatic carbocycles. The Balaban J connectivity index is 2.82. The van der Waals surface area contributed by atoms with Gasteiger partial charge in [0.25, 0.3) is 0 Å². The Morgan fingerprint density at radius 3 is 2.89 bits per heavy atom. The second kappa shape index (κ2) is 7.84. The molecule has 6 heteroatoms. The second-order valence-electron chi connectivity index (χ2n) is 4.14. The summed E-state index contributed by atoms with van der Waals surface area (Å²) < 4.78 is 0.933. The summed E-state index contributed by atoms with van der Waals surface area (Å²) >= 11 is 5.39. The van der Waals surface area contributed by atoms with Crippen LogP contribution in [-0.4, -0.2) is 41.6 Å². The summed E-state index contributed by atoms with van der Waals surface area (Å²) in [5.74, 6) is 2.78. The van der Waals surface area contributed by atoms with Crippen LogP contribution < -0.4 is 10.2 Å². The van der Waals surface area contributed by atoms with Crippen LogP contribution in [0.1, 0.15) is 20.3 Å². The third kappa shape index (κ3) is 4.31. The minimum atomic E-state index is 0.457. The van der Waals surface area contributed by atoms with E-state index < -0.39 is 0 Å². The molecule has 0 amide bonds. The zero-order chi connectivity index (χ0) is 13.5. The van der Waals surface area contributed by atoms with Gasteiger partial charge in [0.15, 0.2) is 0 Å². The Hall–Kier alpha value is -0.490. The van der Waals surface area contributed by atoms with Crippen LogP contribution in [0, 0.1) is 0 Å². The van der Waals surface area contributed by atoms with Gasteiger partial charge in [-0.2, -0.15) is 16.7 Å². The summed E-state index contributed by atoms with van der Waals surface area (Å²) in [5.41, 5.74) is 0. The molecular formula is C12H21BrN4S. The van der Waals surface area contributed by atoms with Crippen molar-refractivity contribution in [2.45, 2.75) is 26.3 Å². The molecule has 0 fully saturated rings. The number of halogens is 1. The van der Waals surface area contributed by atoms with E-state index in [-0.39, 0.29) is 0 Å². The Labute approximate surface area is 122 Å². The largest absolute Gasteiger partial charge is 0.356 e.